The fraction of sp³-hybridized carbons (Fsp3) is 0.500. The second-order valence-electron chi connectivity index (χ2n) is 11.1. The van der Waals surface area contributed by atoms with E-state index in [4.69, 9.17) is 4.74 Å². The summed E-state index contributed by atoms with van der Waals surface area (Å²) in [7, 11) is 0. The molecule has 2 aromatic carbocycles. The number of aryl methyl sites for hydroxylation is 1. The summed E-state index contributed by atoms with van der Waals surface area (Å²) in [6, 6.07) is 9.10. The Morgan fingerprint density at radius 3 is 2.23 bits per heavy atom. The third kappa shape index (κ3) is 5.79. The van der Waals surface area contributed by atoms with Gasteiger partial charge in [0.15, 0.2) is 5.78 Å². The molecule has 4 nitrogen and oxygen atoms in total. The Bertz CT molecular complexity index is 1250. The summed E-state index contributed by atoms with van der Waals surface area (Å²) in [5.41, 5.74) is -0.212. The number of alkyl halides is 6. The van der Waals surface area contributed by atoms with Gasteiger partial charge in [0.25, 0.3) is 0 Å². The summed E-state index contributed by atoms with van der Waals surface area (Å²) in [5.74, 6) is 0.304. The number of benzene rings is 2. The molecule has 0 bridgehead atoms. The second kappa shape index (κ2) is 10.9. The van der Waals surface area contributed by atoms with E-state index in [-0.39, 0.29) is 29.2 Å². The summed E-state index contributed by atoms with van der Waals surface area (Å²) in [4.78, 5) is 14.1. The molecule has 3 aliphatic rings. The third-order valence-electron chi connectivity index (χ3n) is 8.57. The van der Waals surface area contributed by atoms with Crippen LogP contribution in [0.5, 0.6) is 0 Å². The van der Waals surface area contributed by atoms with Crippen molar-refractivity contribution < 1.29 is 41.0 Å². The number of nitrogens with zero attached hydrogens (tertiary/aromatic N) is 1. The number of carbonyl (C=O) groups excluding carboxylic acids is 1. The van der Waals surface area contributed by atoms with Gasteiger partial charge in [-0.25, -0.2) is 0 Å². The average molecular weight is 568 g/mol. The van der Waals surface area contributed by atoms with Crippen LogP contribution in [0, 0.1) is 18.8 Å². The minimum Gasteiger partial charge on any atom is -0.393 e. The molecule has 2 aliphatic carbocycles. The first-order valence-corrected chi connectivity index (χ1v) is 13.4. The highest BCUT2D eigenvalue weighted by molar-refractivity contribution is 5.92. The largest absolute Gasteiger partial charge is 0.416 e. The summed E-state index contributed by atoms with van der Waals surface area (Å²) < 4.78 is 87.4. The molecule has 1 N–H and O–H groups in total. The van der Waals surface area contributed by atoms with Crippen molar-refractivity contribution in [2.45, 2.75) is 63.1 Å². The van der Waals surface area contributed by atoms with Crippen LogP contribution in [0.3, 0.4) is 0 Å². The van der Waals surface area contributed by atoms with Gasteiger partial charge in [-0.15, -0.1) is 0 Å². The summed E-state index contributed by atoms with van der Waals surface area (Å²) in [6.07, 6.45) is -7.74. The number of aliphatic hydroxyl groups is 1. The van der Waals surface area contributed by atoms with E-state index >= 15 is 0 Å². The molecule has 5 atom stereocenters. The van der Waals surface area contributed by atoms with Crippen molar-refractivity contribution in [3.8, 4) is 0 Å². The molecule has 40 heavy (non-hydrogen) atoms. The number of halogens is 6. The van der Waals surface area contributed by atoms with Gasteiger partial charge in [0.1, 0.15) is 6.10 Å². The van der Waals surface area contributed by atoms with Gasteiger partial charge >= 0.3 is 12.4 Å². The highest BCUT2D eigenvalue weighted by Crippen LogP contribution is 2.49. The number of ether oxygens (including phenoxy) is 1. The smallest absolute Gasteiger partial charge is 0.393 e. The lowest BCUT2D eigenvalue weighted by atomic mass is 9.68. The van der Waals surface area contributed by atoms with E-state index in [1.165, 1.54) is 0 Å². The fourth-order valence-corrected chi connectivity index (χ4v) is 6.65. The van der Waals surface area contributed by atoms with Gasteiger partial charge in [-0.2, -0.15) is 26.3 Å². The number of ketones is 1. The van der Waals surface area contributed by atoms with Crippen molar-refractivity contribution in [1.82, 2.24) is 4.90 Å². The van der Waals surface area contributed by atoms with Gasteiger partial charge in [-0.3, -0.25) is 4.79 Å². The van der Waals surface area contributed by atoms with E-state index in [1.54, 1.807) is 6.08 Å². The molecule has 0 unspecified atom stereocenters. The molecule has 2 fully saturated rings. The molecule has 0 spiro atoms. The van der Waals surface area contributed by atoms with Gasteiger partial charge in [-0.1, -0.05) is 24.3 Å². The summed E-state index contributed by atoms with van der Waals surface area (Å²) >= 11 is 0. The number of rotatable bonds is 6. The van der Waals surface area contributed by atoms with Gasteiger partial charge in [0.05, 0.1) is 23.8 Å². The average Bonchev–Trinajstić information content (AvgIpc) is 3.52. The molecule has 1 saturated carbocycles. The fourth-order valence-electron chi connectivity index (χ4n) is 6.65. The SMILES string of the molecule is Cc1ccccc1[C@H]1[C@@H]2CN(C3=CC(=O)CC3)C[C@H]2CC[C@@H]1O[C@@H](CO)c1cc(C(F)(F)F)cc(C(F)(F)F)c1. The van der Waals surface area contributed by atoms with E-state index in [2.05, 4.69) is 4.90 Å². The highest BCUT2D eigenvalue weighted by atomic mass is 19.4. The van der Waals surface area contributed by atoms with Crippen LogP contribution in [0.4, 0.5) is 26.3 Å². The Morgan fingerprint density at radius 2 is 1.65 bits per heavy atom. The predicted octanol–water partition coefficient (Wildman–Crippen LogP) is 6.82. The Labute approximate surface area is 228 Å². The number of likely N-dealkylation sites (tertiary alicyclic amines) is 1. The number of hydrogen-bond donors (Lipinski definition) is 1. The number of aliphatic hydroxyl groups excluding tert-OH is 1. The zero-order valence-electron chi connectivity index (χ0n) is 21.9. The first-order valence-electron chi connectivity index (χ1n) is 13.4. The minimum absolute atomic E-state index is 0.0782. The summed E-state index contributed by atoms with van der Waals surface area (Å²) in [6.45, 7) is 2.65. The van der Waals surface area contributed by atoms with E-state index in [0.29, 0.717) is 43.9 Å². The number of allylic oxidation sites excluding steroid dienone is 2. The van der Waals surface area contributed by atoms with E-state index in [9.17, 15) is 36.2 Å². The molecule has 0 amide bonds. The Morgan fingerprint density at radius 1 is 0.975 bits per heavy atom. The lowest BCUT2D eigenvalue weighted by Gasteiger charge is -2.41. The zero-order valence-corrected chi connectivity index (χ0v) is 21.9. The van der Waals surface area contributed by atoms with Gasteiger partial charge < -0.3 is 14.7 Å². The van der Waals surface area contributed by atoms with Crippen LogP contribution < -0.4 is 0 Å². The molecule has 1 aliphatic heterocycles. The molecule has 2 aromatic rings. The van der Waals surface area contributed by atoms with Crippen LogP contribution in [0.1, 0.15) is 65.5 Å². The van der Waals surface area contributed by atoms with Gasteiger partial charge in [0.2, 0.25) is 0 Å². The van der Waals surface area contributed by atoms with Crippen molar-refractivity contribution in [1.29, 1.82) is 0 Å². The number of fused-ring (bicyclic) bond motifs is 1. The molecule has 0 aromatic heterocycles. The first-order chi connectivity index (χ1) is 18.8. The molecular weight excluding hydrogens is 536 g/mol. The maximum atomic E-state index is 13.5. The Balaban J connectivity index is 1.49. The van der Waals surface area contributed by atoms with Crippen molar-refractivity contribution in [2.24, 2.45) is 11.8 Å². The van der Waals surface area contributed by atoms with Gasteiger partial charge in [-0.05, 0) is 72.9 Å². The van der Waals surface area contributed by atoms with Crippen LogP contribution in [-0.4, -0.2) is 41.6 Å². The topological polar surface area (TPSA) is 49.8 Å². The molecule has 0 radical (unpaired) electrons. The standard InChI is InChI=1S/C30H31F6NO3/c1-17-4-2-3-5-24(17)28-25-15-37(22-7-8-23(39)13-22)14-18(25)6-9-26(28)40-27(16-38)19-10-20(29(31,32)33)12-21(11-19)30(34,35)36/h2-5,10-13,18,25-28,38H,6-9,14-16H2,1H3/t18-,25-,26+,27+,28+/m1/s1. The van der Waals surface area contributed by atoms with Crippen LogP contribution >= 0.6 is 0 Å². The van der Waals surface area contributed by atoms with Crippen LogP contribution in [0.2, 0.25) is 0 Å². The van der Waals surface area contributed by atoms with Crippen molar-refractivity contribution in [3.05, 3.63) is 82.1 Å². The molecule has 1 heterocycles. The Kier molecular flexibility index (Phi) is 7.78. The number of carbonyl (C=O) groups is 1. The predicted molar refractivity (Wildman–Crippen MR) is 135 cm³/mol. The zero-order chi connectivity index (χ0) is 28.8. The first kappa shape index (κ1) is 28.7. The monoisotopic (exact) mass is 567 g/mol. The minimum atomic E-state index is -5.00. The molecular formula is C30H31F6NO3. The van der Waals surface area contributed by atoms with Crippen molar-refractivity contribution in [3.63, 3.8) is 0 Å². The van der Waals surface area contributed by atoms with E-state index < -0.39 is 42.3 Å². The van der Waals surface area contributed by atoms with Crippen LogP contribution in [0.15, 0.2) is 54.2 Å². The summed E-state index contributed by atoms with van der Waals surface area (Å²) in [5, 5.41) is 10.2. The third-order valence-corrected chi connectivity index (χ3v) is 8.57. The van der Waals surface area contributed by atoms with E-state index in [0.717, 1.165) is 29.8 Å². The van der Waals surface area contributed by atoms with Crippen molar-refractivity contribution in [2.75, 3.05) is 19.7 Å². The molecule has 216 valence electrons. The second-order valence-corrected chi connectivity index (χ2v) is 11.1. The quantitative estimate of drug-likeness (QED) is 0.389. The van der Waals surface area contributed by atoms with Gasteiger partial charge in [0, 0.05) is 37.2 Å². The Hall–Kier alpha value is -2.85. The number of hydrogen-bond acceptors (Lipinski definition) is 4. The molecule has 10 heteroatoms. The highest BCUT2D eigenvalue weighted by Gasteiger charge is 2.47. The van der Waals surface area contributed by atoms with Crippen LogP contribution in [0.25, 0.3) is 0 Å². The molecule has 1 saturated heterocycles. The molecule has 5 rings (SSSR count). The van der Waals surface area contributed by atoms with E-state index in [1.807, 2.05) is 31.2 Å². The lowest BCUT2D eigenvalue weighted by Crippen LogP contribution is -2.39. The van der Waals surface area contributed by atoms with Crippen molar-refractivity contribution >= 4 is 5.78 Å². The lowest BCUT2D eigenvalue weighted by molar-refractivity contribution is -0.143. The maximum absolute atomic E-state index is 13.5. The maximum Gasteiger partial charge on any atom is 0.416 e. The van der Waals surface area contributed by atoms with Crippen LogP contribution in [-0.2, 0) is 21.9 Å². The normalized spacial score (nSPS) is 26.1.